The number of hydrogen-bond acceptors (Lipinski definition) is 1. The van der Waals surface area contributed by atoms with E-state index in [4.69, 9.17) is 0 Å². The normalized spacial score (nSPS) is 26.8. The summed E-state index contributed by atoms with van der Waals surface area (Å²) in [6, 6.07) is 0. The predicted molar refractivity (Wildman–Crippen MR) is 63.5 cm³/mol. The maximum Gasteiger partial charge on any atom is 0.115 e. The zero-order valence-electron chi connectivity index (χ0n) is 10.8. The van der Waals surface area contributed by atoms with Gasteiger partial charge in [0.05, 0.1) is 0 Å². The molecule has 14 heavy (non-hydrogen) atoms. The van der Waals surface area contributed by atoms with E-state index in [0.717, 1.165) is 13.0 Å². The lowest BCUT2D eigenvalue weighted by Gasteiger charge is -2.29. The van der Waals surface area contributed by atoms with Gasteiger partial charge in [-0.05, 0) is 25.9 Å². The molecule has 0 bridgehead atoms. The molecule has 0 amide bonds. The second-order valence-electron chi connectivity index (χ2n) is 3.75. The van der Waals surface area contributed by atoms with Crippen LogP contribution < -0.4 is 0 Å². The predicted octanol–water partition coefficient (Wildman–Crippen LogP) is 3.74. The molecular weight excluding hydrogens is 177 g/mol. The fourth-order valence-electron chi connectivity index (χ4n) is 1.17. The van der Waals surface area contributed by atoms with Crippen molar-refractivity contribution in [1.82, 2.24) is 4.90 Å². The Balaban J connectivity index is 0. The lowest BCUT2D eigenvalue weighted by atomic mass is 9.98. The van der Waals surface area contributed by atoms with E-state index < -0.39 is 6.17 Å². The van der Waals surface area contributed by atoms with Crippen LogP contribution in [0.15, 0.2) is 0 Å². The van der Waals surface area contributed by atoms with Gasteiger partial charge in [-0.2, -0.15) is 0 Å². The van der Waals surface area contributed by atoms with Crippen LogP contribution in [-0.4, -0.2) is 31.2 Å². The van der Waals surface area contributed by atoms with E-state index >= 15 is 0 Å². The molecule has 0 aliphatic carbocycles. The average molecular weight is 205 g/mol. The Morgan fingerprint density at radius 3 is 2.00 bits per heavy atom. The topological polar surface area (TPSA) is 3.24 Å². The van der Waals surface area contributed by atoms with Gasteiger partial charge in [-0.25, -0.2) is 4.39 Å². The monoisotopic (exact) mass is 205 g/mol. The molecule has 1 nitrogen and oxygen atoms in total. The molecule has 1 aliphatic rings. The maximum atomic E-state index is 12.8. The van der Waals surface area contributed by atoms with Crippen molar-refractivity contribution in [2.45, 2.75) is 53.6 Å². The summed E-state index contributed by atoms with van der Waals surface area (Å²) >= 11 is 0. The van der Waals surface area contributed by atoms with Crippen molar-refractivity contribution in [3.05, 3.63) is 0 Å². The van der Waals surface area contributed by atoms with Crippen molar-refractivity contribution >= 4 is 0 Å². The van der Waals surface area contributed by atoms with Crippen LogP contribution >= 0.6 is 0 Å². The van der Waals surface area contributed by atoms with Crippen molar-refractivity contribution in [2.24, 2.45) is 5.92 Å². The molecule has 0 saturated carbocycles. The zero-order valence-corrected chi connectivity index (χ0v) is 10.8. The van der Waals surface area contributed by atoms with Crippen LogP contribution in [-0.2, 0) is 0 Å². The molecule has 0 aromatic carbocycles. The molecule has 88 valence electrons. The minimum atomic E-state index is -0.594. The summed E-state index contributed by atoms with van der Waals surface area (Å²) in [7, 11) is 1.97. The minimum absolute atomic E-state index is 0.279. The van der Waals surface area contributed by atoms with Gasteiger partial charge >= 0.3 is 0 Å². The van der Waals surface area contributed by atoms with Crippen molar-refractivity contribution in [3.8, 4) is 0 Å². The molecule has 1 fully saturated rings. The van der Waals surface area contributed by atoms with E-state index in [9.17, 15) is 4.39 Å². The van der Waals surface area contributed by atoms with Crippen LogP contribution in [0.3, 0.4) is 0 Å². The molecule has 1 heterocycles. The van der Waals surface area contributed by atoms with Gasteiger partial charge in [0.2, 0.25) is 0 Å². The third kappa shape index (κ3) is 8.49. The van der Waals surface area contributed by atoms with Gasteiger partial charge < -0.3 is 4.90 Å². The van der Waals surface area contributed by atoms with E-state index in [1.807, 2.05) is 32.7 Å². The lowest BCUT2D eigenvalue weighted by Crippen LogP contribution is -2.38. The average Bonchev–Trinajstić information content (AvgIpc) is 2.17. The quantitative estimate of drug-likeness (QED) is 0.582. The molecule has 2 heteroatoms. The van der Waals surface area contributed by atoms with Crippen molar-refractivity contribution in [1.29, 1.82) is 0 Å². The summed E-state index contributed by atoms with van der Waals surface area (Å²) < 4.78 is 12.8. The first-order valence-corrected chi connectivity index (χ1v) is 5.94. The maximum absolute atomic E-state index is 12.8. The van der Waals surface area contributed by atoms with E-state index in [2.05, 4.69) is 13.8 Å². The molecule has 0 aromatic heterocycles. The highest BCUT2D eigenvalue weighted by molar-refractivity contribution is 4.74. The Bertz CT molecular complexity index is 106. The van der Waals surface area contributed by atoms with Crippen LogP contribution in [0.4, 0.5) is 4.39 Å². The van der Waals surface area contributed by atoms with E-state index in [1.54, 1.807) is 0 Å². The van der Waals surface area contributed by atoms with Crippen molar-refractivity contribution in [2.75, 3.05) is 20.1 Å². The number of halogens is 1. The lowest BCUT2D eigenvalue weighted by molar-refractivity contribution is 0.112. The highest BCUT2D eigenvalue weighted by Crippen LogP contribution is 2.17. The molecule has 1 rings (SSSR count). The number of alkyl halides is 1. The van der Waals surface area contributed by atoms with Gasteiger partial charge in [-0.15, -0.1) is 0 Å². The molecule has 1 aliphatic heterocycles. The van der Waals surface area contributed by atoms with E-state index in [-0.39, 0.29) is 5.92 Å². The first-order valence-electron chi connectivity index (χ1n) is 5.94. The third-order valence-corrected chi connectivity index (χ3v) is 2.07. The highest BCUT2D eigenvalue weighted by atomic mass is 19.1. The summed E-state index contributed by atoms with van der Waals surface area (Å²) in [5.74, 6) is 0.279. The first kappa shape index (κ1) is 16.3. The molecule has 0 aromatic rings. The first-order chi connectivity index (χ1) is 6.61. The number of rotatable bonds is 0. The Kier molecular flexibility index (Phi) is 12.8. The van der Waals surface area contributed by atoms with Gasteiger partial charge in [0.1, 0.15) is 6.17 Å². The van der Waals surface area contributed by atoms with Crippen molar-refractivity contribution in [3.63, 3.8) is 0 Å². The minimum Gasteiger partial charge on any atom is -0.303 e. The number of piperidine rings is 1. The molecule has 0 radical (unpaired) electrons. The summed E-state index contributed by atoms with van der Waals surface area (Å²) in [6.45, 7) is 11.9. The van der Waals surface area contributed by atoms with Gasteiger partial charge in [-0.3, -0.25) is 0 Å². The Labute approximate surface area is 89.7 Å². The molecule has 0 spiro atoms. The molecule has 1 saturated heterocycles. The smallest absolute Gasteiger partial charge is 0.115 e. The third-order valence-electron chi connectivity index (χ3n) is 2.07. The zero-order chi connectivity index (χ0) is 11.6. The van der Waals surface area contributed by atoms with E-state index in [1.165, 1.54) is 6.42 Å². The fraction of sp³-hybridized carbons (Fsp3) is 1.00. The van der Waals surface area contributed by atoms with Crippen LogP contribution in [0, 0.1) is 5.92 Å². The standard InChI is InChI=1S/C7H14FN.C3H8.C2H6/c1-6-3-4-9(2)5-7(6)8;1-3-2;1-2/h6-7H,3-5H2,1-2H3;3H2,1-2H3;1-2H3. The second kappa shape index (κ2) is 11.0. The second-order valence-corrected chi connectivity index (χ2v) is 3.75. The van der Waals surface area contributed by atoms with Gasteiger partial charge in [0.25, 0.3) is 0 Å². The SMILES string of the molecule is CC.CC1CCN(C)CC1F.CCC. The summed E-state index contributed by atoms with van der Waals surface area (Å²) in [4.78, 5) is 2.05. The molecule has 0 N–H and O–H groups in total. The molecule has 2 unspecified atom stereocenters. The summed E-state index contributed by atoms with van der Waals surface area (Å²) in [6.07, 6.45) is 1.67. The van der Waals surface area contributed by atoms with Crippen LogP contribution in [0.1, 0.15) is 47.5 Å². The van der Waals surface area contributed by atoms with Crippen LogP contribution in [0.25, 0.3) is 0 Å². The Hall–Kier alpha value is -0.110. The van der Waals surface area contributed by atoms with Gasteiger partial charge in [0.15, 0.2) is 0 Å². The Morgan fingerprint density at radius 2 is 1.71 bits per heavy atom. The summed E-state index contributed by atoms with van der Waals surface area (Å²) in [5, 5.41) is 0. The largest absolute Gasteiger partial charge is 0.303 e. The summed E-state index contributed by atoms with van der Waals surface area (Å²) in [5.41, 5.74) is 0. The Morgan fingerprint density at radius 1 is 1.29 bits per heavy atom. The number of hydrogen-bond donors (Lipinski definition) is 0. The molecule has 2 atom stereocenters. The van der Waals surface area contributed by atoms with Gasteiger partial charge in [-0.1, -0.05) is 41.0 Å². The van der Waals surface area contributed by atoms with Crippen molar-refractivity contribution < 1.29 is 4.39 Å². The fourth-order valence-corrected chi connectivity index (χ4v) is 1.17. The highest BCUT2D eigenvalue weighted by Gasteiger charge is 2.22. The number of likely N-dealkylation sites (tertiary alicyclic amines) is 1. The number of nitrogens with zero attached hydrogens (tertiary/aromatic N) is 1. The van der Waals surface area contributed by atoms with E-state index in [0.29, 0.717) is 6.54 Å². The van der Waals surface area contributed by atoms with Crippen LogP contribution in [0.5, 0.6) is 0 Å². The van der Waals surface area contributed by atoms with Crippen LogP contribution in [0.2, 0.25) is 0 Å². The molecular formula is C12H28FN. The van der Waals surface area contributed by atoms with Gasteiger partial charge in [0, 0.05) is 6.54 Å².